The van der Waals surface area contributed by atoms with Crippen molar-refractivity contribution in [3.63, 3.8) is 0 Å². The van der Waals surface area contributed by atoms with Crippen LogP contribution in [0.3, 0.4) is 0 Å². The van der Waals surface area contributed by atoms with Crippen molar-refractivity contribution in [3.05, 3.63) is 96.2 Å². The fraction of sp³-hybridized carbons (Fsp3) is 0.241. The van der Waals surface area contributed by atoms with Gasteiger partial charge in [-0.15, -0.1) is 0 Å². The van der Waals surface area contributed by atoms with Crippen LogP contribution in [-0.4, -0.2) is 57.7 Å². The topological polar surface area (TPSA) is 74.8 Å². The number of fused-ring (bicyclic) bond motifs is 1. The summed E-state index contributed by atoms with van der Waals surface area (Å²) < 4.78 is 21.5. The zero-order valence-electron chi connectivity index (χ0n) is 20.8. The van der Waals surface area contributed by atoms with Gasteiger partial charge < -0.3 is 14.4 Å². The Balaban J connectivity index is 1.15. The number of carbonyl (C=O) groups excluding carboxylic acids is 1. The Morgan fingerprint density at radius 1 is 0.946 bits per heavy atom. The summed E-state index contributed by atoms with van der Waals surface area (Å²) in [7, 11) is -1.47. The molecule has 190 valence electrons. The molecular weight excluding hydrogens is 484 g/mol. The Labute approximate surface area is 219 Å². The number of para-hydroxylation sites is 1. The average Bonchev–Trinajstić information content (AvgIpc) is 2.94. The monoisotopic (exact) mass is 514 g/mol. The van der Waals surface area contributed by atoms with Gasteiger partial charge >= 0.3 is 0 Å². The van der Waals surface area contributed by atoms with E-state index >= 15 is 0 Å². The van der Waals surface area contributed by atoms with E-state index < -0.39 is 11.0 Å². The first-order valence-corrected chi connectivity index (χ1v) is 13.6. The summed E-state index contributed by atoms with van der Waals surface area (Å²) in [6, 6.07) is 24.8. The molecule has 1 saturated heterocycles. The number of ether oxygens (including phenoxy) is 1. The number of aromatic nitrogens is 1. The van der Waals surface area contributed by atoms with E-state index in [-0.39, 0.29) is 5.91 Å². The van der Waals surface area contributed by atoms with Crippen LogP contribution in [0.4, 0.5) is 5.69 Å². The number of nitrogens with one attached hydrogen (secondary N) is 1. The second kappa shape index (κ2) is 11.5. The SMILES string of the molecule is CCOc1ccc(CN2CCN(C(=O)c3ccc(NS(=O)c4cccc5cccnc45)cc3)CC2)cc1. The summed E-state index contributed by atoms with van der Waals surface area (Å²) in [4.78, 5) is 22.3. The van der Waals surface area contributed by atoms with Crippen LogP contribution in [0.25, 0.3) is 10.9 Å². The van der Waals surface area contributed by atoms with Crippen LogP contribution in [-0.2, 0) is 17.5 Å². The standard InChI is InChI=1S/C29H30N4O3S/c1-2-36-26-14-8-22(9-15-26)21-32-17-19-33(20-18-32)29(34)24-10-12-25(13-11-24)31-37(35)27-7-3-5-23-6-4-16-30-28(23)27/h3-16,31H,2,17-21H2,1H3. The van der Waals surface area contributed by atoms with E-state index in [2.05, 4.69) is 26.7 Å². The summed E-state index contributed by atoms with van der Waals surface area (Å²) in [5.74, 6) is 0.909. The van der Waals surface area contributed by atoms with Crippen molar-refractivity contribution in [3.8, 4) is 5.75 Å². The van der Waals surface area contributed by atoms with Gasteiger partial charge in [-0.1, -0.05) is 30.3 Å². The molecule has 37 heavy (non-hydrogen) atoms. The molecule has 7 nitrogen and oxygen atoms in total. The molecule has 1 aliphatic heterocycles. The van der Waals surface area contributed by atoms with E-state index in [1.807, 2.05) is 54.3 Å². The minimum Gasteiger partial charge on any atom is -0.494 e. The van der Waals surface area contributed by atoms with E-state index in [1.54, 1.807) is 30.5 Å². The number of hydrogen-bond acceptors (Lipinski definition) is 5. The van der Waals surface area contributed by atoms with Crippen molar-refractivity contribution in [1.82, 2.24) is 14.8 Å². The fourth-order valence-electron chi connectivity index (χ4n) is 4.48. The van der Waals surface area contributed by atoms with E-state index in [1.165, 1.54) is 5.56 Å². The molecule has 1 amide bonds. The predicted molar refractivity (Wildman–Crippen MR) is 147 cm³/mol. The Morgan fingerprint density at radius 3 is 2.41 bits per heavy atom. The van der Waals surface area contributed by atoms with E-state index in [9.17, 15) is 9.00 Å². The van der Waals surface area contributed by atoms with Gasteiger partial charge in [0.15, 0.2) is 11.0 Å². The second-order valence-electron chi connectivity index (χ2n) is 8.92. The molecule has 0 spiro atoms. The van der Waals surface area contributed by atoms with Crippen LogP contribution in [0.2, 0.25) is 0 Å². The van der Waals surface area contributed by atoms with Crippen LogP contribution in [0.1, 0.15) is 22.8 Å². The zero-order valence-corrected chi connectivity index (χ0v) is 21.6. The Hall–Kier alpha value is -3.75. The van der Waals surface area contributed by atoms with Crippen LogP contribution in [0, 0.1) is 0 Å². The zero-order chi connectivity index (χ0) is 25.6. The fourth-order valence-corrected chi connectivity index (χ4v) is 5.48. The lowest BCUT2D eigenvalue weighted by Crippen LogP contribution is -2.48. The van der Waals surface area contributed by atoms with Crippen molar-refractivity contribution in [2.75, 3.05) is 37.5 Å². The molecule has 5 rings (SSSR count). The van der Waals surface area contributed by atoms with Gasteiger partial charge in [0.05, 0.1) is 17.0 Å². The molecule has 0 saturated carbocycles. The first-order chi connectivity index (χ1) is 18.1. The lowest BCUT2D eigenvalue weighted by Gasteiger charge is -2.34. The Kier molecular flexibility index (Phi) is 7.77. The van der Waals surface area contributed by atoms with Crippen LogP contribution >= 0.6 is 0 Å². The van der Waals surface area contributed by atoms with Crippen LogP contribution in [0.15, 0.2) is 90.0 Å². The van der Waals surface area contributed by atoms with Crippen molar-refractivity contribution in [2.24, 2.45) is 0 Å². The molecule has 8 heteroatoms. The molecule has 1 aliphatic rings. The Morgan fingerprint density at radius 2 is 1.68 bits per heavy atom. The first-order valence-electron chi connectivity index (χ1n) is 12.5. The first kappa shape index (κ1) is 24.9. The Bertz CT molecular complexity index is 1380. The molecule has 0 radical (unpaired) electrons. The maximum Gasteiger partial charge on any atom is 0.253 e. The highest BCUT2D eigenvalue weighted by Gasteiger charge is 2.22. The number of pyridine rings is 1. The van der Waals surface area contributed by atoms with Crippen LogP contribution in [0.5, 0.6) is 5.75 Å². The highest BCUT2D eigenvalue weighted by atomic mass is 32.2. The molecular formula is C29H30N4O3S. The number of hydrogen-bond donors (Lipinski definition) is 1. The van der Waals surface area contributed by atoms with E-state index in [0.717, 1.165) is 30.8 Å². The lowest BCUT2D eigenvalue weighted by atomic mass is 10.1. The number of rotatable bonds is 8. The van der Waals surface area contributed by atoms with Crippen molar-refractivity contribution in [1.29, 1.82) is 0 Å². The number of nitrogens with zero attached hydrogens (tertiary/aromatic N) is 3. The highest BCUT2D eigenvalue weighted by molar-refractivity contribution is 7.86. The van der Waals surface area contributed by atoms with Gasteiger partial charge in [-0.05, 0) is 61.0 Å². The number of anilines is 1. The molecule has 3 aromatic carbocycles. The van der Waals surface area contributed by atoms with Gasteiger partial charge in [-0.25, -0.2) is 4.21 Å². The third kappa shape index (κ3) is 5.98. The number of amides is 1. The van der Waals surface area contributed by atoms with Gasteiger partial charge in [-0.3, -0.25) is 14.7 Å². The minimum atomic E-state index is -1.47. The number of carbonyl (C=O) groups is 1. The third-order valence-electron chi connectivity index (χ3n) is 6.44. The summed E-state index contributed by atoms with van der Waals surface area (Å²) >= 11 is 0. The highest BCUT2D eigenvalue weighted by Crippen LogP contribution is 2.22. The molecule has 0 bridgehead atoms. The molecule has 4 aromatic rings. The smallest absolute Gasteiger partial charge is 0.253 e. The summed E-state index contributed by atoms with van der Waals surface area (Å²) in [5.41, 5.74) is 3.26. The molecule has 2 heterocycles. The van der Waals surface area contributed by atoms with Gasteiger partial charge in [0.2, 0.25) is 0 Å². The summed E-state index contributed by atoms with van der Waals surface area (Å²) in [5, 5.41) is 0.940. The molecule has 0 aliphatic carbocycles. The molecule has 1 aromatic heterocycles. The molecule has 1 N–H and O–H groups in total. The predicted octanol–water partition coefficient (Wildman–Crippen LogP) is 4.73. The van der Waals surface area contributed by atoms with Gasteiger partial charge in [-0.2, -0.15) is 0 Å². The molecule has 1 atom stereocenters. The maximum absolute atomic E-state index is 13.1. The van der Waals surface area contributed by atoms with Gasteiger partial charge in [0, 0.05) is 55.6 Å². The van der Waals surface area contributed by atoms with Gasteiger partial charge in [0.25, 0.3) is 5.91 Å². The largest absolute Gasteiger partial charge is 0.494 e. The quantitative estimate of drug-likeness (QED) is 0.368. The second-order valence-corrected chi connectivity index (χ2v) is 10.1. The van der Waals surface area contributed by atoms with E-state index in [0.29, 0.717) is 41.4 Å². The average molecular weight is 515 g/mol. The van der Waals surface area contributed by atoms with Gasteiger partial charge in [0.1, 0.15) is 5.75 Å². The molecule has 1 fully saturated rings. The van der Waals surface area contributed by atoms with Crippen molar-refractivity contribution in [2.45, 2.75) is 18.4 Å². The van der Waals surface area contributed by atoms with E-state index in [4.69, 9.17) is 4.74 Å². The number of piperazine rings is 1. The summed E-state index contributed by atoms with van der Waals surface area (Å²) in [6.07, 6.45) is 1.70. The van der Waals surface area contributed by atoms with Crippen LogP contribution < -0.4 is 9.46 Å². The lowest BCUT2D eigenvalue weighted by molar-refractivity contribution is 0.0628. The normalized spacial score (nSPS) is 14.9. The third-order valence-corrected chi connectivity index (χ3v) is 7.59. The number of benzene rings is 3. The summed E-state index contributed by atoms with van der Waals surface area (Å²) in [6.45, 7) is 6.54. The van der Waals surface area contributed by atoms with Crippen molar-refractivity contribution >= 4 is 33.5 Å². The molecule has 1 unspecified atom stereocenters. The van der Waals surface area contributed by atoms with Crippen molar-refractivity contribution < 1.29 is 13.7 Å². The minimum absolute atomic E-state index is 0.0200. The maximum atomic E-state index is 13.1.